The van der Waals surface area contributed by atoms with Gasteiger partial charge in [-0.3, -0.25) is 14.3 Å². The van der Waals surface area contributed by atoms with Crippen molar-refractivity contribution in [3.63, 3.8) is 0 Å². The molecule has 6 nitrogen and oxygen atoms in total. The molecule has 2 aliphatic rings. The number of hydrogen-bond acceptors (Lipinski definition) is 3. The maximum atomic E-state index is 14.4. The van der Waals surface area contributed by atoms with Crippen LogP contribution in [0.2, 0.25) is 0 Å². The van der Waals surface area contributed by atoms with E-state index in [1.54, 1.807) is 11.7 Å². The lowest BCUT2D eigenvalue weighted by molar-refractivity contribution is -0.146. The van der Waals surface area contributed by atoms with Gasteiger partial charge in [0.15, 0.2) is 0 Å². The van der Waals surface area contributed by atoms with E-state index in [0.717, 1.165) is 18.4 Å². The summed E-state index contributed by atoms with van der Waals surface area (Å²) in [4.78, 5) is 25.2. The van der Waals surface area contributed by atoms with E-state index in [1.165, 1.54) is 12.3 Å². The number of halogens is 1. The van der Waals surface area contributed by atoms with Crippen LogP contribution in [0.3, 0.4) is 0 Å². The van der Waals surface area contributed by atoms with Gasteiger partial charge in [0.2, 0.25) is 11.8 Å². The minimum Gasteiger partial charge on any atom is -0.356 e. The lowest BCUT2D eigenvalue weighted by Gasteiger charge is -2.42. The second-order valence-electron chi connectivity index (χ2n) is 7.67. The normalized spacial score (nSPS) is 29.5. The van der Waals surface area contributed by atoms with E-state index < -0.39 is 5.41 Å². The number of aryl methyl sites for hydroxylation is 1. The molecule has 7 heteroatoms. The lowest BCUT2D eigenvalue weighted by atomic mass is 9.67. The number of benzene rings is 1. The fraction of sp³-hybridized carbons (Fsp3) is 0.526. The first-order valence-corrected chi connectivity index (χ1v) is 9.10. The van der Waals surface area contributed by atoms with Crippen molar-refractivity contribution in [1.82, 2.24) is 20.4 Å². The first-order chi connectivity index (χ1) is 12.4. The highest BCUT2D eigenvalue weighted by atomic mass is 19.1. The Hall–Kier alpha value is -2.44. The SMILES string of the molecule is Cn1ncc2c(F)cc(C3CCC([C@@]4(C)CCCNC4=O)C(=O)N3)cc21. The summed E-state index contributed by atoms with van der Waals surface area (Å²) in [5.74, 6) is -0.832. The second kappa shape index (κ2) is 6.07. The van der Waals surface area contributed by atoms with Crippen LogP contribution < -0.4 is 10.6 Å². The van der Waals surface area contributed by atoms with Crippen molar-refractivity contribution in [2.45, 2.75) is 38.6 Å². The predicted octanol–water partition coefficient (Wildman–Crippen LogP) is 2.20. The fourth-order valence-electron chi connectivity index (χ4n) is 4.40. The topological polar surface area (TPSA) is 76.0 Å². The van der Waals surface area contributed by atoms with Crippen molar-refractivity contribution in [2.75, 3.05) is 6.54 Å². The zero-order chi connectivity index (χ0) is 18.5. The van der Waals surface area contributed by atoms with Gasteiger partial charge in [-0.15, -0.1) is 0 Å². The van der Waals surface area contributed by atoms with Crippen molar-refractivity contribution >= 4 is 22.7 Å². The Kier molecular flexibility index (Phi) is 3.97. The quantitative estimate of drug-likeness (QED) is 0.864. The molecule has 0 radical (unpaired) electrons. The van der Waals surface area contributed by atoms with Gasteiger partial charge in [-0.05, 0) is 50.3 Å². The van der Waals surface area contributed by atoms with Crippen molar-refractivity contribution in [1.29, 1.82) is 0 Å². The lowest BCUT2D eigenvalue weighted by Crippen LogP contribution is -2.54. The summed E-state index contributed by atoms with van der Waals surface area (Å²) in [6, 6.07) is 3.11. The van der Waals surface area contributed by atoms with E-state index in [-0.39, 0.29) is 29.6 Å². The Morgan fingerprint density at radius 1 is 1.31 bits per heavy atom. The second-order valence-corrected chi connectivity index (χ2v) is 7.67. The monoisotopic (exact) mass is 358 g/mol. The molecule has 2 unspecified atom stereocenters. The number of fused-ring (bicyclic) bond motifs is 1. The van der Waals surface area contributed by atoms with Crippen LogP contribution in [-0.4, -0.2) is 28.1 Å². The number of aromatic nitrogens is 2. The number of nitrogens with one attached hydrogen (secondary N) is 2. The van der Waals surface area contributed by atoms with Crippen molar-refractivity contribution in [2.24, 2.45) is 18.4 Å². The molecule has 0 spiro atoms. The average Bonchev–Trinajstić information content (AvgIpc) is 2.99. The van der Waals surface area contributed by atoms with E-state index >= 15 is 0 Å². The maximum absolute atomic E-state index is 14.4. The molecule has 1 aromatic carbocycles. The number of carbonyl (C=O) groups is 2. The van der Waals surface area contributed by atoms with E-state index in [9.17, 15) is 14.0 Å². The molecule has 2 aromatic rings. The minimum atomic E-state index is -0.662. The number of carbonyl (C=O) groups excluding carboxylic acids is 2. The molecule has 3 heterocycles. The molecule has 2 amide bonds. The minimum absolute atomic E-state index is 0.0373. The number of piperidine rings is 2. The number of rotatable bonds is 2. The molecular weight excluding hydrogens is 335 g/mol. The standard InChI is InChI=1S/C19H23FN4O2/c1-19(6-3-7-21-18(19)26)13-4-5-15(23-17(13)25)11-8-14(20)12-10-22-24(2)16(12)9-11/h8-10,13,15H,3-7H2,1-2H3,(H,21,26)(H,23,25)/t13?,15?,19-/m1/s1. The van der Waals surface area contributed by atoms with Gasteiger partial charge in [0.1, 0.15) is 5.82 Å². The highest BCUT2D eigenvalue weighted by molar-refractivity contribution is 5.91. The molecule has 2 saturated heterocycles. The predicted molar refractivity (Wildman–Crippen MR) is 94.6 cm³/mol. The summed E-state index contributed by atoms with van der Waals surface area (Å²) in [7, 11) is 1.77. The Morgan fingerprint density at radius 2 is 2.12 bits per heavy atom. The molecule has 0 saturated carbocycles. The Bertz CT molecular complexity index is 893. The average molecular weight is 358 g/mol. The van der Waals surface area contributed by atoms with Gasteiger partial charge in [-0.2, -0.15) is 5.10 Å². The first-order valence-electron chi connectivity index (χ1n) is 9.10. The third-order valence-corrected chi connectivity index (χ3v) is 6.06. The van der Waals surface area contributed by atoms with E-state index in [2.05, 4.69) is 15.7 Å². The van der Waals surface area contributed by atoms with Crippen LogP contribution in [0.15, 0.2) is 18.3 Å². The fourth-order valence-corrected chi connectivity index (χ4v) is 4.40. The molecular formula is C19H23FN4O2. The van der Waals surface area contributed by atoms with E-state index in [4.69, 9.17) is 0 Å². The van der Waals surface area contributed by atoms with Gasteiger partial charge in [0.05, 0.1) is 34.5 Å². The number of hydrogen-bond donors (Lipinski definition) is 2. The van der Waals surface area contributed by atoms with Gasteiger partial charge < -0.3 is 10.6 Å². The summed E-state index contributed by atoms with van der Waals surface area (Å²) in [6.07, 6.45) is 4.41. The van der Waals surface area contributed by atoms with Crippen LogP contribution >= 0.6 is 0 Å². The molecule has 2 N–H and O–H groups in total. The third-order valence-electron chi connectivity index (χ3n) is 6.06. The van der Waals surface area contributed by atoms with Crippen LogP contribution in [0, 0.1) is 17.2 Å². The molecule has 3 atom stereocenters. The molecule has 138 valence electrons. The summed E-state index contributed by atoms with van der Waals surface area (Å²) >= 11 is 0. The summed E-state index contributed by atoms with van der Waals surface area (Å²) in [5, 5.41) is 10.5. The zero-order valence-electron chi connectivity index (χ0n) is 15.0. The van der Waals surface area contributed by atoms with E-state index in [1.807, 2.05) is 13.0 Å². The Labute approximate surface area is 151 Å². The van der Waals surface area contributed by atoms with Crippen LogP contribution in [-0.2, 0) is 16.6 Å². The summed E-state index contributed by atoms with van der Waals surface area (Å²) in [6.45, 7) is 2.56. The highest BCUT2D eigenvalue weighted by Crippen LogP contribution is 2.42. The van der Waals surface area contributed by atoms with Crippen LogP contribution in [0.4, 0.5) is 4.39 Å². The van der Waals surface area contributed by atoms with Gasteiger partial charge in [-0.1, -0.05) is 0 Å². The Morgan fingerprint density at radius 3 is 2.85 bits per heavy atom. The third kappa shape index (κ3) is 2.57. The maximum Gasteiger partial charge on any atom is 0.226 e. The molecule has 4 rings (SSSR count). The highest BCUT2D eigenvalue weighted by Gasteiger charge is 2.48. The molecule has 2 fully saturated rings. The number of amides is 2. The van der Waals surface area contributed by atoms with E-state index in [0.29, 0.717) is 30.3 Å². The van der Waals surface area contributed by atoms with Crippen LogP contribution in [0.1, 0.15) is 44.2 Å². The van der Waals surface area contributed by atoms with Crippen molar-refractivity contribution < 1.29 is 14.0 Å². The zero-order valence-corrected chi connectivity index (χ0v) is 15.0. The van der Waals surface area contributed by atoms with Gasteiger partial charge in [0, 0.05) is 13.6 Å². The summed E-state index contributed by atoms with van der Waals surface area (Å²) in [5.41, 5.74) is 0.781. The molecule has 26 heavy (non-hydrogen) atoms. The van der Waals surface area contributed by atoms with Crippen LogP contribution in [0.5, 0.6) is 0 Å². The molecule has 2 aliphatic heterocycles. The Balaban J connectivity index is 1.58. The van der Waals surface area contributed by atoms with Crippen molar-refractivity contribution in [3.8, 4) is 0 Å². The molecule has 0 aliphatic carbocycles. The largest absolute Gasteiger partial charge is 0.356 e. The van der Waals surface area contributed by atoms with Crippen molar-refractivity contribution in [3.05, 3.63) is 29.7 Å². The van der Waals surface area contributed by atoms with Gasteiger partial charge in [-0.25, -0.2) is 4.39 Å². The molecule has 1 aromatic heterocycles. The van der Waals surface area contributed by atoms with Gasteiger partial charge >= 0.3 is 0 Å². The smallest absolute Gasteiger partial charge is 0.226 e. The number of nitrogens with zero attached hydrogens (tertiary/aromatic N) is 2. The van der Waals surface area contributed by atoms with Crippen LogP contribution in [0.25, 0.3) is 10.9 Å². The summed E-state index contributed by atoms with van der Waals surface area (Å²) < 4.78 is 16.0. The molecule has 0 bridgehead atoms. The van der Waals surface area contributed by atoms with Gasteiger partial charge in [0.25, 0.3) is 0 Å². The first kappa shape index (κ1) is 17.0.